The predicted molar refractivity (Wildman–Crippen MR) is 105 cm³/mol. The van der Waals surface area contributed by atoms with Gasteiger partial charge in [0, 0.05) is 43.2 Å². The zero-order chi connectivity index (χ0) is 20.4. The Morgan fingerprint density at radius 1 is 1.28 bits per heavy atom. The van der Waals surface area contributed by atoms with E-state index in [4.69, 9.17) is 16.0 Å². The number of hydrogen-bond donors (Lipinski definition) is 1. The standard InChI is InChI=1S/C20H21ClFN5O2/c1-13(23-20(28)17-6-3-11-29-17)19-25-24-18-7-8-26(9-10-27(18)19)12-14-15(21)4-2-5-16(14)22/h2-6,11,13H,7-10,12H2,1H3,(H,23,28)/t13-/m0/s1. The van der Waals surface area contributed by atoms with Crippen molar-refractivity contribution in [2.75, 3.05) is 13.1 Å². The second-order valence-corrected chi connectivity index (χ2v) is 7.43. The van der Waals surface area contributed by atoms with Crippen LogP contribution in [0.15, 0.2) is 41.0 Å². The van der Waals surface area contributed by atoms with Gasteiger partial charge in [0.25, 0.3) is 5.91 Å². The molecule has 0 spiro atoms. The first-order valence-corrected chi connectivity index (χ1v) is 9.82. The van der Waals surface area contributed by atoms with Crippen LogP contribution in [0.25, 0.3) is 0 Å². The molecule has 1 aliphatic rings. The lowest BCUT2D eigenvalue weighted by Crippen LogP contribution is -2.30. The van der Waals surface area contributed by atoms with Crippen molar-refractivity contribution in [1.82, 2.24) is 25.0 Å². The van der Waals surface area contributed by atoms with Crippen molar-refractivity contribution in [3.8, 4) is 0 Å². The van der Waals surface area contributed by atoms with E-state index in [0.717, 1.165) is 12.4 Å². The van der Waals surface area contributed by atoms with Gasteiger partial charge in [-0.25, -0.2) is 4.39 Å². The van der Waals surface area contributed by atoms with Crippen molar-refractivity contribution < 1.29 is 13.6 Å². The van der Waals surface area contributed by atoms with Gasteiger partial charge in [-0.1, -0.05) is 17.7 Å². The number of aromatic nitrogens is 3. The van der Waals surface area contributed by atoms with E-state index >= 15 is 0 Å². The first-order valence-electron chi connectivity index (χ1n) is 9.44. The van der Waals surface area contributed by atoms with Crippen LogP contribution in [-0.4, -0.2) is 38.7 Å². The molecule has 2 aromatic heterocycles. The van der Waals surface area contributed by atoms with E-state index in [1.165, 1.54) is 12.3 Å². The average Bonchev–Trinajstić information content (AvgIpc) is 3.33. The van der Waals surface area contributed by atoms with E-state index in [1.807, 2.05) is 11.5 Å². The highest BCUT2D eigenvalue weighted by Gasteiger charge is 2.24. The minimum Gasteiger partial charge on any atom is -0.459 e. The first kappa shape index (κ1) is 19.6. The summed E-state index contributed by atoms with van der Waals surface area (Å²) in [6, 6.07) is 7.68. The van der Waals surface area contributed by atoms with Gasteiger partial charge in [-0.2, -0.15) is 0 Å². The van der Waals surface area contributed by atoms with Crippen LogP contribution in [0.4, 0.5) is 4.39 Å². The molecule has 0 saturated carbocycles. The maximum Gasteiger partial charge on any atom is 0.287 e. The number of nitrogens with one attached hydrogen (secondary N) is 1. The fourth-order valence-corrected chi connectivity index (χ4v) is 3.74. The van der Waals surface area contributed by atoms with Gasteiger partial charge in [-0.15, -0.1) is 10.2 Å². The van der Waals surface area contributed by atoms with Crippen molar-refractivity contribution in [1.29, 1.82) is 0 Å². The molecule has 0 unspecified atom stereocenters. The summed E-state index contributed by atoms with van der Waals surface area (Å²) in [6.45, 7) is 4.35. The van der Waals surface area contributed by atoms with Gasteiger partial charge >= 0.3 is 0 Å². The number of benzene rings is 1. The summed E-state index contributed by atoms with van der Waals surface area (Å²) >= 11 is 6.17. The van der Waals surface area contributed by atoms with Crippen LogP contribution >= 0.6 is 11.6 Å². The number of carbonyl (C=O) groups is 1. The van der Waals surface area contributed by atoms with Crippen LogP contribution in [0, 0.1) is 5.82 Å². The molecule has 29 heavy (non-hydrogen) atoms. The van der Waals surface area contributed by atoms with Gasteiger partial charge in [-0.05, 0) is 31.2 Å². The number of furan rings is 1. The smallest absolute Gasteiger partial charge is 0.287 e. The summed E-state index contributed by atoms with van der Waals surface area (Å²) in [5.74, 6) is 1.19. The molecule has 0 fully saturated rings. The third-order valence-electron chi connectivity index (χ3n) is 5.07. The van der Waals surface area contributed by atoms with E-state index < -0.39 is 0 Å². The van der Waals surface area contributed by atoms with E-state index in [9.17, 15) is 9.18 Å². The molecule has 1 aromatic carbocycles. The Morgan fingerprint density at radius 2 is 2.14 bits per heavy atom. The number of amides is 1. The van der Waals surface area contributed by atoms with E-state index in [-0.39, 0.29) is 23.5 Å². The van der Waals surface area contributed by atoms with Crippen LogP contribution in [-0.2, 0) is 19.5 Å². The summed E-state index contributed by atoms with van der Waals surface area (Å²) in [5.41, 5.74) is 0.506. The number of halogens is 2. The molecule has 4 rings (SSSR count). The highest BCUT2D eigenvalue weighted by atomic mass is 35.5. The van der Waals surface area contributed by atoms with Gasteiger partial charge < -0.3 is 14.3 Å². The highest BCUT2D eigenvalue weighted by molar-refractivity contribution is 6.31. The molecule has 0 saturated heterocycles. The van der Waals surface area contributed by atoms with Crippen molar-refractivity contribution in [3.05, 3.63) is 70.4 Å². The molecule has 1 aliphatic heterocycles. The van der Waals surface area contributed by atoms with Crippen molar-refractivity contribution in [2.45, 2.75) is 32.5 Å². The molecule has 0 radical (unpaired) electrons. The SMILES string of the molecule is C[C@H](NC(=O)c1ccco1)c1nnc2n1CCN(Cc1c(F)cccc1Cl)CC2. The Morgan fingerprint density at radius 3 is 2.90 bits per heavy atom. The van der Waals surface area contributed by atoms with Gasteiger partial charge in [0.05, 0.1) is 12.3 Å². The first-order chi connectivity index (χ1) is 14.0. The van der Waals surface area contributed by atoms with E-state index in [1.54, 1.807) is 24.3 Å². The van der Waals surface area contributed by atoms with Crippen LogP contribution in [0.3, 0.4) is 0 Å². The molecular weight excluding hydrogens is 397 g/mol. The molecule has 0 bridgehead atoms. The second-order valence-electron chi connectivity index (χ2n) is 7.02. The van der Waals surface area contributed by atoms with Gasteiger partial charge in [0.15, 0.2) is 11.6 Å². The molecule has 3 aromatic rings. The normalized spacial score (nSPS) is 15.6. The zero-order valence-electron chi connectivity index (χ0n) is 15.9. The van der Waals surface area contributed by atoms with E-state index in [2.05, 4.69) is 20.4 Å². The molecule has 9 heteroatoms. The van der Waals surface area contributed by atoms with Gasteiger partial charge in [0.1, 0.15) is 11.6 Å². The lowest BCUT2D eigenvalue weighted by atomic mass is 10.2. The summed E-state index contributed by atoms with van der Waals surface area (Å²) < 4.78 is 21.3. The topological polar surface area (TPSA) is 76.2 Å². The summed E-state index contributed by atoms with van der Waals surface area (Å²) in [4.78, 5) is 14.4. The molecule has 152 valence electrons. The van der Waals surface area contributed by atoms with Crippen LogP contribution < -0.4 is 5.32 Å². The minimum absolute atomic E-state index is 0.250. The lowest BCUT2D eigenvalue weighted by molar-refractivity contribution is 0.0909. The lowest BCUT2D eigenvalue weighted by Gasteiger charge is -2.21. The summed E-state index contributed by atoms with van der Waals surface area (Å²) in [5, 5.41) is 11.9. The Balaban J connectivity index is 1.44. The predicted octanol–water partition coefficient (Wildman–Crippen LogP) is 3.21. The minimum atomic E-state index is -0.332. The average molecular weight is 418 g/mol. The van der Waals surface area contributed by atoms with E-state index in [0.29, 0.717) is 42.5 Å². The fraction of sp³-hybridized carbons (Fsp3) is 0.350. The monoisotopic (exact) mass is 417 g/mol. The number of carbonyl (C=O) groups excluding carboxylic acids is 1. The number of nitrogens with zero attached hydrogens (tertiary/aromatic N) is 4. The Kier molecular flexibility index (Phi) is 5.64. The van der Waals surface area contributed by atoms with Crippen LogP contribution in [0.1, 0.15) is 40.7 Å². The molecule has 1 amide bonds. The van der Waals surface area contributed by atoms with Gasteiger partial charge in [-0.3, -0.25) is 9.69 Å². The van der Waals surface area contributed by atoms with Gasteiger partial charge in [0.2, 0.25) is 0 Å². The molecular formula is C20H21ClFN5O2. The third-order valence-corrected chi connectivity index (χ3v) is 5.42. The van der Waals surface area contributed by atoms with Crippen molar-refractivity contribution in [2.24, 2.45) is 0 Å². The Bertz CT molecular complexity index is 984. The fourth-order valence-electron chi connectivity index (χ4n) is 3.51. The molecule has 1 atom stereocenters. The molecule has 0 aliphatic carbocycles. The Labute approximate surface area is 172 Å². The molecule has 3 heterocycles. The van der Waals surface area contributed by atoms with Crippen LogP contribution in [0.2, 0.25) is 5.02 Å². The number of hydrogen-bond acceptors (Lipinski definition) is 5. The second kappa shape index (κ2) is 8.34. The zero-order valence-corrected chi connectivity index (χ0v) is 16.7. The third kappa shape index (κ3) is 4.18. The largest absolute Gasteiger partial charge is 0.459 e. The summed E-state index contributed by atoms with van der Waals surface area (Å²) in [6.07, 6.45) is 2.14. The highest BCUT2D eigenvalue weighted by Crippen LogP contribution is 2.22. The van der Waals surface area contributed by atoms with Crippen LogP contribution in [0.5, 0.6) is 0 Å². The quantitative estimate of drug-likeness (QED) is 0.689. The van der Waals surface area contributed by atoms with Crippen molar-refractivity contribution in [3.63, 3.8) is 0 Å². The number of fused-ring (bicyclic) bond motifs is 1. The molecule has 7 nitrogen and oxygen atoms in total. The summed E-state index contributed by atoms with van der Waals surface area (Å²) in [7, 11) is 0. The Hall–Kier alpha value is -2.71. The number of rotatable bonds is 5. The maximum absolute atomic E-state index is 14.1. The maximum atomic E-state index is 14.1. The molecule has 1 N–H and O–H groups in total. The van der Waals surface area contributed by atoms with Crippen molar-refractivity contribution >= 4 is 17.5 Å².